The zero-order valence-corrected chi connectivity index (χ0v) is 15.3. The number of benzene rings is 1. The molecule has 9 heteroatoms. The molecule has 0 saturated carbocycles. The minimum Gasteiger partial charge on any atom is -0.508 e. The second-order valence-corrected chi connectivity index (χ2v) is 8.76. The van der Waals surface area contributed by atoms with E-state index in [1.807, 2.05) is 6.07 Å². The Morgan fingerprint density at radius 2 is 1.93 bits per heavy atom. The first kappa shape index (κ1) is 18.8. The largest absolute Gasteiger partial charge is 0.508 e. The quantitative estimate of drug-likeness (QED) is 0.367. The molecular weight excluding hydrogens is 370 g/mol. The molecule has 2 atom stereocenters. The fourth-order valence-corrected chi connectivity index (χ4v) is 5.03. The summed E-state index contributed by atoms with van der Waals surface area (Å²) in [6.45, 7) is 1.51. The Morgan fingerprint density at radius 3 is 2.48 bits per heavy atom. The fraction of sp³-hybridized carbons (Fsp3) is 0.278. The number of imide groups is 1. The number of phenols is 1. The lowest BCUT2D eigenvalue weighted by molar-refractivity contribution is -0.761. The summed E-state index contributed by atoms with van der Waals surface area (Å²) in [7, 11) is -3.29. The lowest BCUT2D eigenvalue weighted by atomic mass is 9.94. The van der Waals surface area contributed by atoms with Gasteiger partial charge in [0.05, 0.1) is 5.75 Å². The molecule has 0 aromatic heterocycles. The van der Waals surface area contributed by atoms with E-state index < -0.39 is 27.7 Å². The minimum atomic E-state index is -3.29. The van der Waals surface area contributed by atoms with Crippen molar-refractivity contribution in [2.24, 2.45) is 0 Å². The molecule has 1 aromatic rings. The van der Waals surface area contributed by atoms with Crippen LogP contribution in [0, 0.1) is 11.3 Å². The van der Waals surface area contributed by atoms with Gasteiger partial charge in [-0.1, -0.05) is 0 Å². The highest BCUT2D eigenvalue weighted by Crippen LogP contribution is 2.21. The SMILES string of the molecule is CC1=C(C#N)C(=O)[NH+]([C@@H]2CCS(=O)(=O)C2)C(=O)/C1=C/Nc1ccc(O)cc1. The summed E-state index contributed by atoms with van der Waals surface area (Å²) < 4.78 is 23.5. The number of quaternary nitrogens is 1. The highest BCUT2D eigenvalue weighted by atomic mass is 32.2. The van der Waals surface area contributed by atoms with Gasteiger partial charge in [0.1, 0.15) is 29.2 Å². The third-order valence-electron chi connectivity index (χ3n) is 4.74. The van der Waals surface area contributed by atoms with E-state index in [4.69, 9.17) is 0 Å². The van der Waals surface area contributed by atoms with E-state index in [0.29, 0.717) is 5.69 Å². The van der Waals surface area contributed by atoms with Crippen LogP contribution in [-0.2, 0) is 19.4 Å². The van der Waals surface area contributed by atoms with Crippen molar-refractivity contribution in [3.63, 3.8) is 0 Å². The molecule has 0 aliphatic carbocycles. The first-order valence-corrected chi connectivity index (χ1v) is 10.1. The van der Waals surface area contributed by atoms with Crippen LogP contribution < -0.4 is 10.2 Å². The Bertz CT molecular complexity index is 1020. The van der Waals surface area contributed by atoms with Crippen molar-refractivity contribution >= 4 is 27.3 Å². The number of carbonyl (C=O) groups excluding carboxylic acids is 2. The minimum absolute atomic E-state index is 0.0723. The van der Waals surface area contributed by atoms with Crippen molar-refractivity contribution in [2.45, 2.75) is 19.4 Å². The van der Waals surface area contributed by atoms with Crippen LogP contribution in [0.5, 0.6) is 5.75 Å². The van der Waals surface area contributed by atoms with Crippen LogP contribution in [0.4, 0.5) is 5.69 Å². The molecule has 1 fully saturated rings. The predicted molar refractivity (Wildman–Crippen MR) is 96.2 cm³/mol. The van der Waals surface area contributed by atoms with Gasteiger partial charge in [0.15, 0.2) is 15.4 Å². The van der Waals surface area contributed by atoms with Gasteiger partial charge in [0.2, 0.25) is 0 Å². The monoisotopic (exact) mass is 388 g/mol. The van der Waals surface area contributed by atoms with Gasteiger partial charge in [-0.15, -0.1) is 0 Å². The van der Waals surface area contributed by atoms with Crippen LogP contribution in [0.15, 0.2) is 47.2 Å². The van der Waals surface area contributed by atoms with E-state index in [2.05, 4.69) is 5.32 Å². The Labute approximate surface area is 156 Å². The maximum absolute atomic E-state index is 12.9. The van der Waals surface area contributed by atoms with Gasteiger partial charge in [-0.25, -0.2) is 18.0 Å². The van der Waals surface area contributed by atoms with Crippen molar-refractivity contribution in [3.8, 4) is 11.8 Å². The Balaban J connectivity index is 1.97. The third-order valence-corrected chi connectivity index (χ3v) is 6.51. The lowest BCUT2D eigenvalue weighted by Crippen LogP contribution is -3.21. The molecular formula is C18H18N3O5S+. The summed E-state index contributed by atoms with van der Waals surface area (Å²) in [6.07, 6.45) is 1.60. The van der Waals surface area contributed by atoms with Crippen LogP contribution in [0.2, 0.25) is 0 Å². The second-order valence-electron chi connectivity index (χ2n) is 6.53. The van der Waals surface area contributed by atoms with Crippen LogP contribution >= 0.6 is 0 Å². The normalized spacial score (nSPS) is 26.3. The molecule has 3 N–H and O–H groups in total. The molecule has 2 amide bonds. The van der Waals surface area contributed by atoms with E-state index in [1.165, 1.54) is 25.3 Å². The summed E-state index contributed by atoms with van der Waals surface area (Å²) >= 11 is 0. The predicted octanol–water partition coefficient (Wildman–Crippen LogP) is -0.333. The fourth-order valence-electron chi connectivity index (χ4n) is 3.27. The molecule has 2 aliphatic rings. The topological polar surface area (TPSA) is 129 Å². The van der Waals surface area contributed by atoms with E-state index in [-0.39, 0.29) is 45.3 Å². The van der Waals surface area contributed by atoms with Gasteiger partial charge < -0.3 is 10.4 Å². The molecule has 2 heterocycles. The summed E-state index contributed by atoms with van der Waals surface area (Å²) in [6, 6.07) is 7.29. The van der Waals surface area contributed by atoms with Crippen LogP contribution in [-0.4, -0.2) is 42.9 Å². The summed E-state index contributed by atoms with van der Waals surface area (Å²) in [5, 5.41) is 21.6. The van der Waals surface area contributed by atoms with E-state index in [0.717, 1.165) is 0 Å². The Morgan fingerprint density at radius 1 is 1.26 bits per heavy atom. The second kappa shape index (κ2) is 6.98. The molecule has 0 bridgehead atoms. The van der Waals surface area contributed by atoms with Gasteiger partial charge >= 0.3 is 11.8 Å². The average molecular weight is 388 g/mol. The summed E-state index contributed by atoms with van der Waals surface area (Å²) in [5.41, 5.74) is 0.857. The van der Waals surface area contributed by atoms with Crippen molar-refractivity contribution in [1.82, 2.24) is 0 Å². The standard InChI is InChI=1S/C18H17N3O5S/c1-11-15(8-19)17(23)21(13-6-7-27(25,26)10-13)18(24)16(11)9-20-12-2-4-14(22)5-3-12/h2-5,9,13,20,22H,6-7,10H2,1H3/p+1/b16-9+/t13-/m1/s1. The molecule has 1 unspecified atom stereocenters. The molecule has 3 rings (SSSR count). The van der Waals surface area contributed by atoms with Gasteiger partial charge in [-0.2, -0.15) is 10.2 Å². The number of sulfone groups is 1. The third kappa shape index (κ3) is 3.63. The number of phenolic OH excluding ortho intramolecular Hbond substituents is 1. The maximum atomic E-state index is 12.9. The molecule has 1 saturated heterocycles. The first-order valence-electron chi connectivity index (χ1n) is 8.27. The van der Waals surface area contributed by atoms with Crippen molar-refractivity contribution in [3.05, 3.63) is 47.2 Å². The number of hydrogen-bond donors (Lipinski definition) is 3. The highest BCUT2D eigenvalue weighted by molar-refractivity contribution is 7.91. The highest BCUT2D eigenvalue weighted by Gasteiger charge is 2.48. The first-order chi connectivity index (χ1) is 12.7. The molecule has 27 heavy (non-hydrogen) atoms. The molecule has 0 radical (unpaired) electrons. The van der Waals surface area contributed by atoms with Crippen molar-refractivity contribution in [2.75, 3.05) is 16.8 Å². The zero-order chi connectivity index (χ0) is 19.8. The number of nitrogens with zero attached hydrogens (tertiary/aromatic N) is 1. The van der Waals surface area contributed by atoms with E-state index in [9.17, 15) is 28.4 Å². The number of hydrogen-bond acceptors (Lipinski definition) is 7. The van der Waals surface area contributed by atoms with Crippen molar-refractivity contribution in [1.29, 1.82) is 5.26 Å². The van der Waals surface area contributed by atoms with Gasteiger partial charge in [0, 0.05) is 18.3 Å². The number of rotatable bonds is 3. The number of amides is 2. The lowest BCUT2D eigenvalue weighted by Gasteiger charge is -2.25. The molecule has 8 nitrogen and oxygen atoms in total. The average Bonchev–Trinajstić information content (AvgIpc) is 2.96. The summed E-state index contributed by atoms with van der Waals surface area (Å²) in [4.78, 5) is 25.4. The van der Waals surface area contributed by atoms with E-state index in [1.54, 1.807) is 12.1 Å². The number of carbonyl (C=O) groups is 2. The van der Waals surface area contributed by atoms with Crippen LogP contribution in [0.3, 0.4) is 0 Å². The molecule has 0 spiro atoms. The number of anilines is 1. The number of nitriles is 1. The van der Waals surface area contributed by atoms with Gasteiger partial charge in [0.25, 0.3) is 0 Å². The summed E-state index contributed by atoms with van der Waals surface area (Å²) in [5.74, 6) is -1.46. The molecule has 2 aliphatic heterocycles. The van der Waals surface area contributed by atoms with Gasteiger partial charge in [-0.3, -0.25) is 0 Å². The maximum Gasteiger partial charge on any atom is 0.363 e. The van der Waals surface area contributed by atoms with Gasteiger partial charge in [-0.05, 0) is 36.8 Å². The van der Waals surface area contributed by atoms with Crippen LogP contribution in [0.25, 0.3) is 0 Å². The Hall–Kier alpha value is -2.96. The Kier molecular flexibility index (Phi) is 4.87. The molecule has 140 valence electrons. The zero-order valence-electron chi connectivity index (χ0n) is 14.5. The van der Waals surface area contributed by atoms with Crippen LogP contribution in [0.1, 0.15) is 13.3 Å². The van der Waals surface area contributed by atoms with E-state index >= 15 is 0 Å². The molecule has 1 aromatic carbocycles. The number of aromatic hydroxyl groups is 1. The number of nitrogens with one attached hydrogen (secondary N) is 2. The van der Waals surface area contributed by atoms with Crippen molar-refractivity contribution < 1.29 is 28.0 Å². The smallest absolute Gasteiger partial charge is 0.363 e.